The average Bonchev–Trinajstić information content (AvgIpc) is 2.78. The summed E-state index contributed by atoms with van der Waals surface area (Å²) >= 11 is 5.82. The lowest BCUT2D eigenvalue weighted by atomic mass is 10.1. The number of aromatic nitrogens is 2. The summed E-state index contributed by atoms with van der Waals surface area (Å²) in [6.45, 7) is -0.118. The molecule has 0 bridgehead atoms. The van der Waals surface area contributed by atoms with Crippen LogP contribution < -0.4 is 0 Å². The maximum absolute atomic E-state index is 12.4. The molecule has 2 heterocycles. The fourth-order valence-electron chi connectivity index (χ4n) is 2.51. The van der Waals surface area contributed by atoms with Gasteiger partial charge in [0.25, 0.3) is 21.9 Å². The summed E-state index contributed by atoms with van der Waals surface area (Å²) in [6.07, 6.45) is -0.0732. The van der Waals surface area contributed by atoms with Crippen molar-refractivity contribution in [1.82, 2.24) is 14.9 Å². The molecule has 0 saturated heterocycles. The number of halogens is 1. The van der Waals surface area contributed by atoms with E-state index in [1.54, 1.807) is 24.3 Å². The molecule has 2 aromatic rings. The summed E-state index contributed by atoms with van der Waals surface area (Å²) in [6, 6.07) is 7.92. The van der Waals surface area contributed by atoms with Crippen LogP contribution in [0.25, 0.3) is 0 Å². The second kappa shape index (κ2) is 6.51. The Morgan fingerprint density at radius 3 is 2.16 bits per heavy atom. The molecule has 1 aromatic heterocycles. The Hall–Kier alpha value is -2.36. The number of aryl methyl sites for hydroxylation is 1. The fourth-order valence-corrected chi connectivity index (χ4v) is 3.19. The predicted molar refractivity (Wildman–Crippen MR) is 87.8 cm³/mol. The molecule has 0 radical (unpaired) electrons. The van der Waals surface area contributed by atoms with Crippen LogP contribution in [0.2, 0.25) is 5.28 Å². The molecular weight excluding hydrogens is 370 g/mol. The van der Waals surface area contributed by atoms with E-state index in [2.05, 4.69) is 9.97 Å². The van der Waals surface area contributed by atoms with Gasteiger partial charge in [-0.2, -0.15) is 8.42 Å². The Morgan fingerprint density at radius 1 is 1.04 bits per heavy atom. The van der Waals surface area contributed by atoms with Crippen LogP contribution in [0.1, 0.15) is 32.1 Å². The number of imide groups is 1. The number of carbonyl (C=O) groups is 2. The Labute approximate surface area is 148 Å². The maximum atomic E-state index is 12.4. The van der Waals surface area contributed by atoms with E-state index < -0.39 is 27.7 Å². The number of benzene rings is 1. The molecule has 25 heavy (non-hydrogen) atoms. The van der Waals surface area contributed by atoms with Crippen LogP contribution >= 0.6 is 11.6 Å². The second-order valence-corrected chi connectivity index (χ2v) is 7.31. The fraction of sp³-hybridized carbons (Fsp3) is 0.200. The quantitative estimate of drug-likeness (QED) is 0.472. The van der Waals surface area contributed by atoms with Crippen LogP contribution in [0.5, 0.6) is 0 Å². The first-order valence-electron chi connectivity index (χ1n) is 7.17. The third kappa shape index (κ3) is 3.84. The monoisotopic (exact) mass is 381 g/mol. The van der Waals surface area contributed by atoms with Crippen molar-refractivity contribution in [1.29, 1.82) is 0 Å². The number of nitrogens with zero attached hydrogens (tertiary/aromatic N) is 3. The minimum absolute atomic E-state index is 0.0732. The van der Waals surface area contributed by atoms with Gasteiger partial charge in [0.1, 0.15) is 0 Å². The van der Waals surface area contributed by atoms with Crippen molar-refractivity contribution in [3.63, 3.8) is 0 Å². The minimum atomic E-state index is -4.15. The van der Waals surface area contributed by atoms with Crippen molar-refractivity contribution >= 4 is 33.5 Å². The number of hydrogen-bond acceptors (Lipinski definition) is 6. The van der Waals surface area contributed by atoms with E-state index in [9.17, 15) is 18.0 Å². The zero-order chi connectivity index (χ0) is 18.2. The third-order valence-electron chi connectivity index (χ3n) is 3.62. The highest BCUT2D eigenvalue weighted by molar-refractivity contribution is 7.85. The molecule has 0 aliphatic carbocycles. The van der Waals surface area contributed by atoms with Crippen molar-refractivity contribution in [3.05, 3.63) is 58.1 Å². The van der Waals surface area contributed by atoms with Crippen molar-refractivity contribution in [2.45, 2.75) is 13.0 Å². The highest BCUT2D eigenvalue weighted by Crippen LogP contribution is 2.24. The van der Waals surface area contributed by atoms with Gasteiger partial charge < -0.3 is 0 Å². The summed E-state index contributed by atoms with van der Waals surface area (Å²) in [5.41, 5.74) is 1.21. The van der Waals surface area contributed by atoms with E-state index in [4.69, 9.17) is 16.2 Å². The zero-order valence-corrected chi connectivity index (χ0v) is 14.3. The maximum Gasteiger partial charge on any atom is 0.265 e. The number of amides is 2. The molecule has 2 amide bonds. The van der Waals surface area contributed by atoms with Gasteiger partial charge in [-0.15, -0.1) is 0 Å². The van der Waals surface area contributed by atoms with Gasteiger partial charge >= 0.3 is 0 Å². The molecule has 1 aliphatic rings. The van der Waals surface area contributed by atoms with Crippen molar-refractivity contribution in [3.8, 4) is 0 Å². The Bertz CT molecular complexity index is 942. The molecule has 0 unspecified atom stereocenters. The van der Waals surface area contributed by atoms with E-state index in [0.29, 0.717) is 16.8 Å². The minimum Gasteiger partial charge on any atom is -0.286 e. The topological polar surface area (TPSA) is 118 Å². The first-order chi connectivity index (χ1) is 11.7. The molecular formula is C15H12ClN3O5S. The lowest BCUT2D eigenvalue weighted by Crippen LogP contribution is -2.29. The number of rotatable bonds is 5. The smallest absolute Gasteiger partial charge is 0.265 e. The van der Waals surface area contributed by atoms with Gasteiger partial charge in [-0.3, -0.25) is 19.0 Å². The van der Waals surface area contributed by atoms with Crippen LogP contribution in [-0.4, -0.2) is 45.4 Å². The largest absolute Gasteiger partial charge is 0.286 e. The highest BCUT2D eigenvalue weighted by atomic mass is 35.5. The third-order valence-corrected chi connectivity index (χ3v) is 4.51. The van der Waals surface area contributed by atoms with E-state index in [1.165, 1.54) is 6.07 Å². The van der Waals surface area contributed by atoms with E-state index in [0.717, 1.165) is 4.90 Å². The molecule has 8 nitrogen and oxygen atoms in total. The van der Waals surface area contributed by atoms with Gasteiger partial charge in [0, 0.05) is 12.1 Å². The molecule has 130 valence electrons. The summed E-state index contributed by atoms with van der Waals surface area (Å²) in [7, 11) is -4.15. The number of fused-ring (bicyclic) bond motifs is 1. The Kier molecular flexibility index (Phi) is 4.55. The predicted octanol–water partition coefficient (Wildman–Crippen LogP) is 1.36. The molecule has 0 fully saturated rings. The van der Waals surface area contributed by atoms with Crippen molar-refractivity contribution < 1.29 is 22.6 Å². The molecule has 3 rings (SSSR count). The zero-order valence-electron chi connectivity index (χ0n) is 12.7. The van der Waals surface area contributed by atoms with Crippen LogP contribution in [0.15, 0.2) is 30.3 Å². The normalized spacial score (nSPS) is 14.1. The van der Waals surface area contributed by atoms with Crippen molar-refractivity contribution in [2.24, 2.45) is 0 Å². The lowest BCUT2D eigenvalue weighted by Gasteiger charge is -2.14. The average molecular weight is 382 g/mol. The highest BCUT2D eigenvalue weighted by Gasteiger charge is 2.35. The molecule has 10 heteroatoms. The standard InChI is InChI=1S/C15H12ClN3O5S/c16-15-17-9(5-6-25(22,23)24)7-10(18-15)8-19-13(20)11-3-1-2-4-12(11)14(19)21/h1-4,7H,5-6,8H2,(H,22,23,24). The van der Waals surface area contributed by atoms with Gasteiger partial charge in [-0.1, -0.05) is 12.1 Å². The number of hydrogen-bond donors (Lipinski definition) is 1. The van der Waals surface area contributed by atoms with Gasteiger partial charge in [0.15, 0.2) is 0 Å². The van der Waals surface area contributed by atoms with E-state index in [-0.39, 0.29) is 23.9 Å². The van der Waals surface area contributed by atoms with Gasteiger partial charge in [-0.25, -0.2) is 9.97 Å². The second-order valence-electron chi connectivity index (χ2n) is 5.40. The van der Waals surface area contributed by atoms with Crippen molar-refractivity contribution in [2.75, 3.05) is 5.75 Å². The van der Waals surface area contributed by atoms with Crippen LogP contribution in [0, 0.1) is 0 Å². The molecule has 0 spiro atoms. The number of carbonyl (C=O) groups excluding carboxylic acids is 2. The molecule has 1 aromatic carbocycles. The lowest BCUT2D eigenvalue weighted by molar-refractivity contribution is 0.0640. The summed E-state index contributed by atoms with van der Waals surface area (Å²) < 4.78 is 30.5. The van der Waals surface area contributed by atoms with Gasteiger partial charge in [0.2, 0.25) is 5.28 Å². The first kappa shape index (κ1) is 17.5. The molecule has 0 atom stereocenters. The Balaban J connectivity index is 1.83. The SMILES string of the molecule is O=C1c2ccccc2C(=O)N1Cc1cc(CCS(=O)(=O)O)nc(Cl)n1. The molecule has 1 N–H and O–H groups in total. The van der Waals surface area contributed by atoms with Crippen LogP contribution in [0.3, 0.4) is 0 Å². The van der Waals surface area contributed by atoms with E-state index in [1.807, 2.05) is 0 Å². The van der Waals surface area contributed by atoms with Crippen LogP contribution in [0.4, 0.5) is 0 Å². The van der Waals surface area contributed by atoms with Crippen LogP contribution in [-0.2, 0) is 23.1 Å². The molecule has 0 saturated carbocycles. The van der Waals surface area contributed by atoms with Gasteiger partial charge in [-0.05, 0) is 29.8 Å². The first-order valence-corrected chi connectivity index (χ1v) is 9.16. The van der Waals surface area contributed by atoms with Gasteiger partial charge in [0.05, 0.1) is 29.1 Å². The summed E-state index contributed by atoms with van der Waals surface area (Å²) in [4.78, 5) is 33.6. The Morgan fingerprint density at radius 2 is 1.60 bits per heavy atom. The summed E-state index contributed by atoms with van der Waals surface area (Å²) in [5.74, 6) is -1.39. The summed E-state index contributed by atoms with van der Waals surface area (Å²) in [5, 5.41) is -0.139. The molecule has 1 aliphatic heterocycles. The van der Waals surface area contributed by atoms with E-state index >= 15 is 0 Å².